The number of hydrogen-bond acceptors (Lipinski definition) is 8. The highest BCUT2D eigenvalue weighted by atomic mass is 32.1. The van der Waals surface area contributed by atoms with Crippen LogP contribution in [-0.4, -0.2) is 38.7 Å². The van der Waals surface area contributed by atoms with E-state index in [0.717, 1.165) is 12.8 Å². The maximum Gasteiger partial charge on any atom is 0.301 e. The number of ketones is 1. The van der Waals surface area contributed by atoms with Gasteiger partial charge in [-0.15, -0.1) is 10.2 Å². The summed E-state index contributed by atoms with van der Waals surface area (Å²) in [5, 5.41) is 29.7. The van der Waals surface area contributed by atoms with Crippen LogP contribution in [0, 0.1) is 6.92 Å². The van der Waals surface area contributed by atoms with Gasteiger partial charge in [0.15, 0.2) is 0 Å². The topological polar surface area (TPSA) is 113 Å². The van der Waals surface area contributed by atoms with Gasteiger partial charge in [-0.2, -0.15) is 0 Å². The zero-order valence-electron chi connectivity index (χ0n) is 18.2. The molecule has 8 nitrogen and oxygen atoms in total. The molecule has 1 fully saturated rings. The summed E-state index contributed by atoms with van der Waals surface area (Å²) in [5.41, 5.74) is 0.868. The summed E-state index contributed by atoms with van der Waals surface area (Å²) in [6.07, 6.45) is 1.95. The minimum absolute atomic E-state index is 0.0427. The minimum atomic E-state index is -0.918. The monoisotopic (exact) mass is 465 g/mol. The van der Waals surface area contributed by atoms with Gasteiger partial charge in [-0.25, -0.2) is 0 Å². The minimum Gasteiger partial charge on any atom is -0.508 e. The number of aromatic hydroxyl groups is 1. The number of ether oxygens (including phenoxy) is 1. The number of phenols is 1. The Morgan fingerprint density at radius 1 is 1.09 bits per heavy atom. The number of benzene rings is 2. The SMILES string of the molecule is CCCCOc1ccc(C(O)=C2C(=O)C(=O)N(c3nnc(C)s3)[C@H]2c2ccc(O)cc2)cc1. The van der Waals surface area contributed by atoms with Gasteiger partial charge >= 0.3 is 5.91 Å². The summed E-state index contributed by atoms with van der Waals surface area (Å²) in [6, 6.07) is 11.9. The van der Waals surface area contributed by atoms with Crippen molar-refractivity contribution < 1.29 is 24.5 Å². The van der Waals surface area contributed by atoms with Crippen molar-refractivity contribution in [2.45, 2.75) is 32.7 Å². The maximum absolute atomic E-state index is 13.1. The second kappa shape index (κ2) is 9.41. The van der Waals surface area contributed by atoms with Crippen molar-refractivity contribution in [1.29, 1.82) is 0 Å². The van der Waals surface area contributed by atoms with Crippen molar-refractivity contribution in [3.8, 4) is 11.5 Å². The Balaban J connectivity index is 1.78. The fraction of sp³-hybridized carbons (Fsp3) is 0.250. The highest BCUT2D eigenvalue weighted by Gasteiger charge is 2.48. The molecule has 0 spiro atoms. The van der Waals surface area contributed by atoms with Gasteiger partial charge in [-0.1, -0.05) is 36.8 Å². The summed E-state index contributed by atoms with van der Waals surface area (Å²) >= 11 is 1.17. The second-order valence-corrected chi connectivity index (χ2v) is 8.75. The van der Waals surface area contributed by atoms with Gasteiger partial charge in [-0.05, 0) is 55.3 Å². The lowest BCUT2D eigenvalue weighted by Gasteiger charge is -2.22. The number of phenolic OH excluding ortho intramolecular Hbond substituents is 1. The summed E-state index contributed by atoms with van der Waals surface area (Å²) in [7, 11) is 0. The Morgan fingerprint density at radius 3 is 2.39 bits per heavy atom. The van der Waals surface area contributed by atoms with E-state index in [1.54, 1.807) is 43.3 Å². The number of hydrogen-bond donors (Lipinski definition) is 2. The molecule has 1 atom stereocenters. The van der Waals surface area contributed by atoms with Crippen molar-refractivity contribution in [3.63, 3.8) is 0 Å². The third-order valence-electron chi connectivity index (χ3n) is 5.27. The third-order valence-corrected chi connectivity index (χ3v) is 6.11. The van der Waals surface area contributed by atoms with E-state index in [0.29, 0.717) is 28.5 Å². The first-order valence-corrected chi connectivity index (χ1v) is 11.4. The Labute approximate surface area is 194 Å². The number of aliphatic hydroxyl groups is 1. The normalized spacial score (nSPS) is 17.5. The molecule has 170 valence electrons. The number of unbranched alkanes of at least 4 members (excludes halogenated alkanes) is 1. The van der Waals surface area contributed by atoms with Crippen LogP contribution in [0.3, 0.4) is 0 Å². The van der Waals surface area contributed by atoms with Crippen molar-refractivity contribution in [2.24, 2.45) is 0 Å². The Hall–Kier alpha value is -3.72. The number of carbonyl (C=O) groups is 2. The highest BCUT2D eigenvalue weighted by Crippen LogP contribution is 2.43. The third kappa shape index (κ3) is 4.45. The van der Waals surface area contributed by atoms with Crippen LogP contribution in [0.5, 0.6) is 11.5 Å². The highest BCUT2D eigenvalue weighted by molar-refractivity contribution is 7.15. The molecule has 0 radical (unpaired) electrons. The molecule has 1 saturated heterocycles. The molecule has 2 aromatic carbocycles. The molecule has 3 aromatic rings. The molecule has 0 bridgehead atoms. The van der Waals surface area contributed by atoms with Gasteiger partial charge in [0.2, 0.25) is 5.13 Å². The molecule has 0 unspecified atom stereocenters. The first-order chi connectivity index (χ1) is 15.9. The number of aromatic nitrogens is 2. The molecule has 9 heteroatoms. The van der Waals surface area contributed by atoms with Crippen molar-refractivity contribution in [1.82, 2.24) is 10.2 Å². The molecule has 33 heavy (non-hydrogen) atoms. The largest absolute Gasteiger partial charge is 0.508 e. The van der Waals surface area contributed by atoms with Gasteiger partial charge in [0.1, 0.15) is 22.3 Å². The zero-order valence-corrected chi connectivity index (χ0v) is 19.0. The van der Waals surface area contributed by atoms with E-state index in [2.05, 4.69) is 17.1 Å². The van der Waals surface area contributed by atoms with Crippen LogP contribution >= 0.6 is 11.3 Å². The van der Waals surface area contributed by atoms with E-state index < -0.39 is 17.7 Å². The van der Waals surface area contributed by atoms with Crippen LogP contribution in [0.25, 0.3) is 5.76 Å². The van der Waals surface area contributed by atoms with Crippen molar-refractivity contribution in [3.05, 3.63) is 70.2 Å². The van der Waals surface area contributed by atoms with E-state index in [4.69, 9.17) is 4.74 Å². The van der Waals surface area contributed by atoms with E-state index in [1.165, 1.54) is 28.4 Å². The molecular formula is C24H23N3O5S. The molecule has 1 amide bonds. The number of aryl methyl sites for hydroxylation is 1. The lowest BCUT2D eigenvalue weighted by molar-refractivity contribution is -0.132. The molecule has 1 aliphatic heterocycles. The molecule has 0 aliphatic carbocycles. The zero-order chi connectivity index (χ0) is 23.5. The van der Waals surface area contributed by atoms with Crippen LogP contribution in [0.4, 0.5) is 5.13 Å². The standard InChI is InChI=1S/C24H23N3O5S/c1-3-4-13-32-18-11-7-16(8-12-18)21(29)19-20(15-5-9-17(28)10-6-15)27(23(31)22(19)30)24-26-25-14(2)33-24/h5-12,20,28-29H,3-4,13H2,1-2H3/t20-/m0/s1. The lowest BCUT2D eigenvalue weighted by atomic mass is 9.95. The first-order valence-electron chi connectivity index (χ1n) is 10.5. The quantitative estimate of drug-likeness (QED) is 0.231. The van der Waals surface area contributed by atoms with Crippen LogP contribution in [0.2, 0.25) is 0 Å². The van der Waals surface area contributed by atoms with Gasteiger partial charge in [0.25, 0.3) is 5.78 Å². The number of nitrogens with zero attached hydrogens (tertiary/aromatic N) is 3. The second-order valence-electron chi connectivity index (χ2n) is 7.59. The number of amides is 1. The number of anilines is 1. The number of aliphatic hydroxyl groups excluding tert-OH is 1. The molecule has 0 saturated carbocycles. The van der Waals surface area contributed by atoms with Gasteiger partial charge in [0.05, 0.1) is 18.2 Å². The summed E-state index contributed by atoms with van der Waals surface area (Å²) < 4.78 is 5.66. The Kier molecular flexibility index (Phi) is 6.41. The number of carbonyl (C=O) groups excluding carboxylic acids is 2. The van der Waals surface area contributed by atoms with E-state index in [-0.39, 0.29) is 22.2 Å². The summed E-state index contributed by atoms with van der Waals surface area (Å²) in [6.45, 7) is 4.42. The van der Waals surface area contributed by atoms with E-state index in [1.807, 2.05) is 0 Å². The van der Waals surface area contributed by atoms with Gasteiger partial charge < -0.3 is 14.9 Å². The van der Waals surface area contributed by atoms with Crippen LogP contribution in [0.15, 0.2) is 54.1 Å². The maximum atomic E-state index is 13.1. The van der Waals surface area contributed by atoms with E-state index >= 15 is 0 Å². The van der Waals surface area contributed by atoms with Crippen LogP contribution in [-0.2, 0) is 9.59 Å². The summed E-state index contributed by atoms with van der Waals surface area (Å²) in [5.74, 6) is -1.22. The van der Waals surface area contributed by atoms with Gasteiger partial charge in [-0.3, -0.25) is 14.5 Å². The summed E-state index contributed by atoms with van der Waals surface area (Å²) in [4.78, 5) is 27.3. The lowest BCUT2D eigenvalue weighted by Crippen LogP contribution is -2.29. The first kappa shape index (κ1) is 22.5. The van der Waals surface area contributed by atoms with E-state index in [9.17, 15) is 19.8 Å². The van der Waals surface area contributed by atoms with Crippen molar-refractivity contribution >= 4 is 33.9 Å². The predicted molar refractivity (Wildman–Crippen MR) is 124 cm³/mol. The number of rotatable bonds is 7. The fourth-order valence-corrected chi connectivity index (χ4v) is 4.30. The average molecular weight is 466 g/mol. The van der Waals surface area contributed by atoms with Crippen molar-refractivity contribution in [2.75, 3.05) is 11.5 Å². The van der Waals surface area contributed by atoms with Gasteiger partial charge in [0, 0.05) is 5.56 Å². The molecule has 2 N–H and O–H groups in total. The predicted octanol–water partition coefficient (Wildman–Crippen LogP) is 4.36. The Bertz CT molecular complexity index is 1200. The van der Waals surface area contributed by atoms with Crippen LogP contribution < -0.4 is 9.64 Å². The molecule has 2 heterocycles. The molecule has 4 rings (SSSR count). The molecule has 1 aliphatic rings. The Morgan fingerprint density at radius 2 is 1.79 bits per heavy atom. The molecular weight excluding hydrogens is 442 g/mol. The smallest absolute Gasteiger partial charge is 0.301 e. The number of Topliss-reactive ketones (excluding diaryl/α,β-unsaturated/α-hetero) is 1. The van der Waals surface area contributed by atoms with Crippen LogP contribution in [0.1, 0.15) is 41.9 Å². The molecule has 1 aromatic heterocycles. The average Bonchev–Trinajstić information content (AvgIpc) is 3.35. The fourth-order valence-electron chi connectivity index (χ4n) is 3.58.